The highest BCUT2D eigenvalue weighted by molar-refractivity contribution is 6.30. The van der Waals surface area contributed by atoms with Gasteiger partial charge >= 0.3 is 0 Å². The summed E-state index contributed by atoms with van der Waals surface area (Å²) in [4.78, 5) is 11.9. The zero-order valence-electron chi connectivity index (χ0n) is 12.7. The van der Waals surface area contributed by atoms with E-state index in [0.29, 0.717) is 29.8 Å². The second-order valence-corrected chi connectivity index (χ2v) is 5.87. The van der Waals surface area contributed by atoms with Gasteiger partial charge in [-0.15, -0.1) is 0 Å². The molecule has 0 radical (unpaired) electrons. The number of hydrogen-bond acceptors (Lipinski definition) is 3. The lowest BCUT2D eigenvalue weighted by Crippen LogP contribution is -2.28. The molecule has 0 spiro atoms. The van der Waals surface area contributed by atoms with Crippen LogP contribution in [0.3, 0.4) is 0 Å². The molecule has 6 heteroatoms. The Morgan fingerprint density at radius 1 is 1.36 bits per heavy atom. The number of carbonyl (C=O) groups excluding carboxylic acids is 1. The van der Waals surface area contributed by atoms with Crippen molar-refractivity contribution in [1.29, 1.82) is 0 Å². The summed E-state index contributed by atoms with van der Waals surface area (Å²) in [6.07, 6.45) is 0.875. The molecule has 0 aliphatic rings. The SMILES string of the molecule is CC(C)Cc1cc(C(=O)NCCOc2ccc(Cl)cc2)n[nH]1. The molecule has 2 rings (SSSR count). The van der Waals surface area contributed by atoms with E-state index >= 15 is 0 Å². The molecule has 0 unspecified atom stereocenters. The van der Waals surface area contributed by atoms with Gasteiger partial charge in [-0.3, -0.25) is 9.89 Å². The summed E-state index contributed by atoms with van der Waals surface area (Å²) >= 11 is 5.79. The maximum atomic E-state index is 11.9. The molecule has 2 N–H and O–H groups in total. The Balaban J connectivity index is 1.73. The van der Waals surface area contributed by atoms with E-state index in [-0.39, 0.29) is 5.91 Å². The molecule has 1 aromatic heterocycles. The van der Waals surface area contributed by atoms with Crippen LogP contribution in [-0.2, 0) is 6.42 Å². The van der Waals surface area contributed by atoms with Crippen LogP contribution in [-0.4, -0.2) is 29.3 Å². The van der Waals surface area contributed by atoms with Crippen molar-refractivity contribution in [2.75, 3.05) is 13.2 Å². The molecule has 0 fully saturated rings. The summed E-state index contributed by atoms with van der Waals surface area (Å²) in [5, 5.41) is 10.3. The Bertz CT molecular complexity index is 608. The van der Waals surface area contributed by atoms with Crippen LogP contribution in [0, 0.1) is 5.92 Å². The second-order valence-electron chi connectivity index (χ2n) is 5.43. The van der Waals surface area contributed by atoms with Crippen LogP contribution in [0.4, 0.5) is 0 Å². The first-order valence-electron chi connectivity index (χ1n) is 7.25. The van der Waals surface area contributed by atoms with Gasteiger partial charge in [-0.25, -0.2) is 0 Å². The van der Waals surface area contributed by atoms with Crippen molar-refractivity contribution in [1.82, 2.24) is 15.5 Å². The molecule has 118 valence electrons. The Morgan fingerprint density at radius 2 is 2.09 bits per heavy atom. The van der Waals surface area contributed by atoms with Crippen LogP contribution in [0.2, 0.25) is 5.02 Å². The highest BCUT2D eigenvalue weighted by atomic mass is 35.5. The summed E-state index contributed by atoms with van der Waals surface area (Å²) in [5.74, 6) is 1.03. The highest BCUT2D eigenvalue weighted by Gasteiger charge is 2.10. The molecule has 5 nitrogen and oxygen atoms in total. The molecule has 0 atom stereocenters. The van der Waals surface area contributed by atoms with Gasteiger partial charge < -0.3 is 10.1 Å². The molecule has 2 aromatic rings. The first-order valence-corrected chi connectivity index (χ1v) is 7.63. The number of aromatic amines is 1. The summed E-state index contributed by atoms with van der Waals surface area (Å²) in [6.45, 7) is 5.04. The van der Waals surface area contributed by atoms with Crippen LogP contribution >= 0.6 is 11.6 Å². The van der Waals surface area contributed by atoms with Crippen LogP contribution in [0.1, 0.15) is 30.0 Å². The molecule has 22 heavy (non-hydrogen) atoms. The third kappa shape index (κ3) is 5.07. The lowest BCUT2D eigenvalue weighted by atomic mass is 10.1. The van der Waals surface area contributed by atoms with E-state index in [9.17, 15) is 4.79 Å². The van der Waals surface area contributed by atoms with E-state index in [1.165, 1.54) is 0 Å². The van der Waals surface area contributed by atoms with Gasteiger partial charge in [0.05, 0.1) is 6.54 Å². The third-order valence-electron chi connectivity index (χ3n) is 2.96. The number of carbonyl (C=O) groups is 1. The molecule has 0 bridgehead atoms. The number of benzene rings is 1. The fourth-order valence-electron chi connectivity index (χ4n) is 1.98. The molecule has 0 saturated carbocycles. The first kappa shape index (κ1) is 16.4. The number of hydrogen-bond donors (Lipinski definition) is 2. The number of amides is 1. The van der Waals surface area contributed by atoms with Gasteiger partial charge in [0.25, 0.3) is 5.91 Å². The van der Waals surface area contributed by atoms with Crippen LogP contribution < -0.4 is 10.1 Å². The summed E-state index contributed by atoms with van der Waals surface area (Å²) in [7, 11) is 0. The van der Waals surface area contributed by atoms with Crippen molar-refractivity contribution < 1.29 is 9.53 Å². The average molecular weight is 322 g/mol. The number of rotatable bonds is 7. The summed E-state index contributed by atoms with van der Waals surface area (Å²) in [6, 6.07) is 8.88. The Kier molecular flexibility index (Phi) is 5.83. The van der Waals surface area contributed by atoms with Crippen LogP contribution in [0.25, 0.3) is 0 Å². The number of nitrogens with zero attached hydrogens (tertiary/aromatic N) is 1. The van der Waals surface area contributed by atoms with Crippen molar-refractivity contribution in [2.24, 2.45) is 5.92 Å². The fourth-order valence-corrected chi connectivity index (χ4v) is 2.10. The predicted octanol–water partition coefficient (Wildman–Crippen LogP) is 3.07. The molecular formula is C16H20ClN3O2. The number of halogens is 1. The first-order chi connectivity index (χ1) is 10.5. The van der Waals surface area contributed by atoms with Crippen LogP contribution in [0.5, 0.6) is 5.75 Å². The van der Waals surface area contributed by atoms with Crippen molar-refractivity contribution >= 4 is 17.5 Å². The smallest absolute Gasteiger partial charge is 0.271 e. The second kappa shape index (κ2) is 7.84. The van der Waals surface area contributed by atoms with Crippen molar-refractivity contribution in [3.63, 3.8) is 0 Å². The quantitative estimate of drug-likeness (QED) is 0.770. The van der Waals surface area contributed by atoms with Crippen molar-refractivity contribution in [2.45, 2.75) is 20.3 Å². The Labute approximate surface area is 135 Å². The van der Waals surface area contributed by atoms with Gasteiger partial charge in [-0.2, -0.15) is 5.10 Å². The van der Waals surface area contributed by atoms with Gasteiger partial charge in [-0.1, -0.05) is 25.4 Å². The average Bonchev–Trinajstić information content (AvgIpc) is 2.93. The van der Waals surface area contributed by atoms with Gasteiger partial charge in [0.1, 0.15) is 18.1 Å². The normalized spacial score (nSPS) is 10.7. The zero-order valence-corrected chi connectivity index (χ0v) is 13.5. The lowest BCUT2D eigenvalue weighted by molar-refractivity contribution is 0.0942. The molecule has 1 amide bonds. The minimum absolute atomic E-state index is 0.203. The summed E-state index contributed by atoms with van der Waals surface area (Å²) in [5.41, 5.74) is 1.37. The molecule has 0 aliphatic carbocycles. The number of aromatic nitrogens is 2. The molecule has 0 saturated heterocycles. The maximum absolute atomic E-state index is 11.9. The van der Waals surface area contributed by atoms with Gasteiger partial charge in [0.2, 0.25) is 0 Å². The van der Waals surface area contributed by atoms with Gasteiger partial charge in [-0.05, 0) is 42.7 Å². The third-order valence-corrected chi connectivity index (χ3v) is 3.21. The van der Waals surface area contributed by atoms with E-state index in [0.717, 1.165) is 17.9 Å². The predicted molar refractivity (Wildman–Crippen MR) is 86.4 cm³/mol. The fraction of sp³-hybridized carbons (Fsp3) is 0.375. The van der Waals surface area contributed by atoms with Gasteiger partial charge in [0.15, 0.2) is 0 Å². The number of nitrogens with one attached hydrogen (secondary N) is 2. The van der Waals surface area contributed by atoms with E-state index < -0.39 is 0 Å². The van der Waals surface area contributed by atoms with Gasteiger partial charge in [0, 0.05) is 10.7 Å². The maximum Gasteiger partial charge on any atom is 0.271 e. The van der Waals surface area contributed by atoms with E-state index in [1.54, 1.807) is 30.3 Å². The minimum Gasteiger partial charge on any atom is -0.492 e. The van der Waals surface area contributed by atoms with E-state index in [2.05, 4.69) is 29.4 Å². The lowest BCUT2D eigenvalue weighted by Gasteiger charge is -2.06. The summed E-state index contributed by atoms with van der Waals surface area (Å²) < 4.78 is 5.50. The molecule has 1 heterocycles. The van der Waals surface area contributed by atoms with Crippen LogP contribution in [0.15, 0.2) is 30.3 Å². The monoisotopic (exact) mass is 321 g/mol. The largest absolute Gasteiger partial charge is 0.492 e. The van der Waals surface area contributed by atoms with E-state index in [1.807, 2.05) is 0 Å². The Hall–Kier alpha value is -2.01. The minimum atomic E-state index is -0.203. The number of ether oxygens (including phenoxy) is 1. The highest BCUT2D eigenvalue weighted by Crippen LogP contribution is 2.15. The molecular weight excluding hydrogens is 302 g/mol. The molecule has 0 aliphatic heterocycles. The topological polar surface area (TPSA) is 67.0 Å². The number of H-pyrrole nitrogens is 1. The van der Waals surface area contributed by atoms with Crippen molar-refractivity contribution in [3.05, 3.63) is 46.7 Å². The van der Waals surface area contributed by atoms with E-state index in [4.69, 9.17) is 16.3 Å². The Morgan fingerprint density at radius 3 is 2.77 bits per heavy atom. The zero-order chi connectivity index (χ0) is 15.9. The van der Waals surface area contributed by atoms with Crippen molar-refractivity contribution in [3.8, 4) is 5.75 Å². The standard InChI is InChI=1S/C16H20ClN3O2/c1-11(2)9-13-10-15(20-19-13)16(21)18-7-8-22-14-5-3-12(17)4-6-14/h3-6,10-11H,7-9H2,1-2H3,(H,18,21)(H,19,20). The molecule has 1 aromatic carbocycles.